The number of carbonyl (C=O) groups excluding carboxylic acids is 1. The van der Waals surface area contributed by atoms with E-state index in [1.54, 1.807) is 31.4 Å². The lowest BCUT2D eigenvalue weighted by atomic mass is 10.1. The molecule has 25 heavy (non-hydrogen) atoms. The lowest BCUT2D eigenvalue weighted by Crippen LogP contribution is -2.20. The predicted octanol–water partition coefficient (Wildman–Crippen LogP) is 5.39. The molecule has 3 aromatic rings. The van der Waals surface area contributed by atoms with Gasteiger partial charge in [0.2, 0.25) is 0 Å². The number of methoxy groups -OCH3 is 1. The predicted molar refractivity (Wildman–Crippen MR) is 106 cm³/mol. The molecule has 1 amide bonds. The lowest BCUT2D eigenvalue weighted by molar-refractivity contribution is -0.118. The van der Waals surface area contributed by atoms with Crippen molar-refractivity contribution >= 4 is 54.2 Å². The summed E-state index contributed by atoms with van der Waals surface area (Å²) in [5.41, 5.74) is 0.692. The SMILES string of the molecule is COc1ccc(NC(=O)COc2ccc3cc(Br)ccc3c2Br)cc1. The van der Waals surface area contributed by atoms with Crippen LogP contribution in [0.1, 0.15) is 0 Å². The van der Waals surface area contributed by atoms with Crippen LogP contribution in [0.25, 0.3) is 10.8 Å². The Morgan fingerprint density at radius 3 is 2.52 bits per heavy atom. The quantitative estimate of drug-likeness (QED) is 0.550. The summed E-state index contributed by atoms with van der Waals surface area (Å²) in [6.07, 6.45) is 0. The van der Waals surface area contributed by atoms with E-state index in [1.807, 2.05) is 30.3 Å². The Hall–Kier alpha value is -2.05. The Bertz CT molecular complexity index is 910. The van der Waals surface area contributed by atoms with Gasteiger partial charge in [-0.3, -0.25) is 4.79 Å². The first-order chi connectivity index (χ1) is 12.1. The van der Waals surface area contributed by atoms with Gasteiger partial charge in [-0.15, -0.1) is 0 Å². The molecule has 3 aromatic carbocycles. The van der Waals surface area contributed by atoms with Crippen LogP contribution in [0.3, 0.4) is 0 Å². The number of anilines is 1. The van der Waals surface area contributed by atoms with Crippen LogP contribution < -0.4 is 14.8 Å². The summed E-state index contributed by atoms with van der Waals surface area (Å²) < 4.78 is 12.6. The van der Waals surface area contributed by atoms with Crippen LogP contribution >= 0.6 is 31.9 Å². The van der Waals surface area contributed by atoms with Crippen LogP contribution in [0.5, 0.6) is 11.5 Å². The van der Waals surface area contributed by atoms with Crippen LogP contribution in [0.15, 0.2) is 63.5 Å². The summed E-state index contributed by atoms with van der Waals surface area (Å²) in [5.74, 6) is 1.13. The molecule has 0 radical (unpaired) electrons. The molecule has 0 aliphatic heterocycles. The minimum Gasteiger partial charge on any atom is -0.497 e. The number of hydrogen-bond donors (Lipinski definition) is 1. The van der Waals surface area contributed by atoms with Crippen LogP contribution in [-0.4, -0.2) is 19.6 Å². The van der Waals surface area contributed by atoms with Crippen molar-refractivity contribution in [1.29, 1.82) is 0 Å². The summed E-state index contributed by atoms with van der Waals surface area (Å²) in [6.45, 7) is -0.0767. The molecule has 0 aliphatic rings. The number of benzene rings is 3. The highest BCUT2D eigenvalue weighted by Crippen LogP contribution is 2.34. The minimum atomic E-state index is -0.229. The second-order valence-electron chi connectivity index (χ2n) is 5.31. The van der Waals surface area contributed by atoms with Gasteiger partial charge in [-0.05, 0) is 69.2 Å². The topological polar surface area (TPSA) is 47.6 Å². The van der Waals surface area contributed by atoms with Gasteiger partial charge in [0.15, 0.2) is 6.61 Å². The summed E-state index contributed by atoms with van der Waals surface area (Å²) in [4.78, 5) is 12.1. The molecule has 0 fully saturated rings. The summed E-state index contributed by atoms with van der Waals surface area (Å²) >= 11 is 7.01. The second-order valence-corrected chi connectivity index (χ2v) is 7.02. The number of amides is 1. The van der Waals surface area contributed by atoms with Crippen molar-refractivity contribution in [2.24, 2.45) is 0 Å². The van der Waals surface area contributed by atoms with Gasteiger partial charge in [0, 0.05) is 10.2 Å². The fourth-order valence-corrected chi connectivity index (χ4v) is 3.36. The number of hydrogen-bond acceptors (Lipinski definition) is 3. The molecule has 0 saturated carbocycles. The van der Waals surface area contributed by atoms with E-state index in [-0.39, 0.29) is 12.5 Å². The molecular formula is C19H15Br2NO3. The van der Waals surface area contributed by atoms with Crippen molar-refractivity contribution in [2.75, 3.05) is 19.0 Å². The molecular weight excluding hydrogens is 450 g/mol. The smallest absolute Gasteiger partial charge is 0.262 e. The minimum absolute atomic E-state index is 0.0767. The summed E-state index contributed by atoms with van der Waals surface area (Å²) in [5, 5.41) is 4.89. The molecule has 0 aromatic heterocycles. The number of rotatable bonds is 5. The van der Waals surface area contributed by atoms with Crippen molar-refractivity contribution in [3.05, 3.63) is 63.5 Å². The van der Waals surface area contributed by atoms with E-state index in [4.69, 9.17) is 9.47 Å². The monoisotopic (exact) mass is 463 g/mol. The van der Waals surface area contributed by atoms with Gasteiger partial charge in [0.25, 0.3) is 5.91 Å². The molecule has 3 rings (SSSR count). The van der Waals surface area contributed by atoms with E-state index in [1.165, 1.54) is 0 Å². The van der Waals surface area contributed by atoms with Gasteiger partial charge >= 0.3 is 0 Å². The van der Waals surface area contributed by atoms with Crippen LogP contribution in [0, 0.1) is 0 Å². The number of ether oxygens (including phenoxy) is 2. The number of nitrogens with one attached hydrogen (secondary N) is 1. The van der Waals surface area contributed by atoms with Gasteiger partial charge in [-0.25, -0.2) is 0 Å². The molecule has 4 nitrogen and oxygen atoms in total. The maximum absolute atomic E-state index is 12.1. The highest BCUT2D eigenvalue weighted by atomic mass is 79.9. The maximum atomic E-state index is 12.1. The molecule has 0 aliphatic carbocycles. The van der Waals surface area contributed by atoms with Gasteiger partial charge in [-0.1, -0.05) is 28.1 Å². The summed E-state index contributed by atoms with van der Waals surface area (Å²) in [7, 11) is 1.60. The Kier molecular flexibility index (Phi) is 5.60. The molecule has 1 N–H and O–H groups in total. The largest absolute Gasteiger partial charge is 0.497 e. The van der Waals surface area contributed by atoms with E-state index in [9.17, 15) is 4.79 Å². The van der Waals surface area contributed by atoms with Crippen LogP contribution in [0.4, 0.5) is 5.69 Å². The lowest BCUT2D eigenvalue weighted by Gasteiger charge is -2.11. The fraction of sp³-hybridized carbons (Fsp3) is 0.105. The standard InChI is InChI=1S/C19H15Br2NO3/c1-24-15-6-4-14(5-7-15)22-18(23)11-25-17-9-2-12-10-13(20)3-8-16(12)19(17)21/h2-10H,11H2,1H3,(H,22,23). The van der Waals surface area contributed by atoms with Gasteiger partial charge in [0.05, 0.1) is 11.6 Å². The maximum Gasteiger partial charge on any atom is 0.262 e. The Morgan fingerprint density at radius 2 is 1.80 bits per heavy atom. The Morgan fingerprint density at radius 1 is 1.04 bits per heavy atom. The van der Waals surface area contributed by atoms with Crippen molar-refractivity contribution in [2.45, 2.75) is 0 Å². The van der Waals surface area contributed by atoms with Crippen molar-refractivity contribution in [3.8, 4) is 11.5 Å². The first kappa shape index (κ1) is 17.8. The Labute approximate surface area is 162 Å². The first-order valence-corrected chi connectivity index (χ1v) is 9.10. The normalized spacial score (nSPS) is 10.5. The molecule has 128 valence electrons. The van der Waals surface area contributed by atoms with E-state index >= 15 is 0 Å². The van der Waals surface area contributed by atoms with Gasteiger partial charge in [-0.2, -0.15) is 0 Å². The second kappa shape index (κ2) is 7.89. The number of carbonyl (C=O) groups is 1. The zero-order valence-corrected chi connectivity index (χ0v) is 16.6. The zero-order chi connectivity index (χ0) is 17.8. The average molecular weight is 465 g/mol. The van der Waals surface area contributed by atoms with E-state index in [0.29, 0.717) is 11.4 Å². The van der Waals surface area contributed by atoms with Crippen LogP contribution in [-0.2, 0) is 4.79 Å². The Balaban J connectivity index is 1.66. The molecule has 0 unspecified atom stereocenters. The third-order valence-electron chi connectivity index (χ3n) is 3.61. The van der Waals surface area contributed by atoms with Crippen LogP contribution in [0.2, 0.25) is 0 Å². The number of halogens is 2. The molecule has 0 atom stereocenters. The third-order valence-corrected chi connectivity index (χ3v) is 4.92. The fourth-order valence-electron chi connectivity index (χ4n) is 2.37. The molecule has 6 heteroatoms. The molecule has 0 saturated heterocycles. The molecule has 0 heterocycles. The molecule has 0 bridgehead atoms. The zero-order valence-electron chi connectivity index (χ0n) is 13.4. The van der Waals surface area contributed by atoms with E-state index in [2.05, 4.69) is 37.2 Å². The average Bonchev–Trinajstić information content (AvgIpc) is 2.61. The summed E-state index contributed by atoms with van der Waals surface area (Å²) in [6, 6.07) is 16.9. The van der Waals surface area contributed by atoms with E-state index in [0.717, 1.165) is 25.5 Å². The first-order valence-electron chi connectivity index (χ1n) is 7.51. The van der Waals surface area contributed by atoms with E-state index < -0.39 is 0 Å². The van der Waals surface area contributed by atoms with Gasteiger partial charge < -0.3 is 14.8 Å². The highest BCUT2D eigenvalue weighted by molar-refractivity contribution is 9.11. The number of fused-ring (bicyclic) bond motifs is 1. The van der Waals surface area contributed by atoms with Gasteiger partial charge in [0.1, 0.15) is 11.5 Å². The van der Waals surface area contributed by atoms with Crippen molar-refractivity contribution in [3.63, 3.8) is 0 Å². The molecule has 0 spiro atoms. The highest BCUT2D eigenvalue weighted by Gasteiger charge is 2.09. The third kappa shape index (κ3) is 4.32. The van der Waals surface area contributed by atoms with Crippen molar-refractivity contribution < 1.29 is 14.3 Å². The van der Waals surface area contributed by atoms with Crippen molar-refractivity contribution in [1.82, 2.24) is 0 Å².